The van der Waals surface area contributed by atoms with E-state index >= 15 is 0 Å². The zero-order valence-electron chi connectivity index (χ0n) is 10.1. The number of carboxylic acid groups (broad SMARTS) is 2. The zero-order valence-corrected chi connectivity index (χ0v) is 12.2. The van der Waals surface area contributed by atoms with Crippen molar-refractivity contribution in [3.05, 3.63) is 27.8 Å². The number of hydrogen-bond acceptors (Lipinski definition) is 3. The molecule has 1 rings (SSSR count). The molecule has 1 aromatic carbocycles. The van der Waals surface area contributed by atoms with Gasteiger partial charge in [0.25, 0.3) is 0 Å². The van der Waals surface area contributed by atoms with E-state index in [0.29, 0.717) is 5.69 Å². The predicted octanol–water partition coefficient (Wildman–Crippen LogP) is 2.05. The average Bonchev–Trinajstić information content (AvgIpc) is 2.26. The lowest BCUT2D eigenvalue weighted by molar-refractivity contribution is -0.142. The van der Waals surface area contributed by atoms with Gasteiger partial charge in [-0.05, 0) is 60.7 Å². The van der Waals surface area contributed by atoms with Crippen LogP contribution in [0.15, 0.2) is 24.3 Å². The van der Waals surface area contributed by atoms with Crippen molar-refractivity contribution >= 4 is 40.2 Å². The van der Waals surface area contributed by atoms with E-state index in [1.165, 1.54) is 18.7 Å². The van der Waals surface area contributed by atoms with Gasteiger partial charge >= 0.3 is 11.9 Å². The molecule has 18 heavy (non-hydrogen) atoms. The average molecular weight is 363 g/mol. The second-order valence-corrected chi connectivity index (χ2v) is 5.57. The first kappa shape index (κ1) is 14.7. The van der Waals surface area contributed by atoms with Crippen LogP contribution in [0.3, 0.4) is 0 Å². The summed E-state index contributed by atoms with van der Waals surface area (Å²) >= 11 is 2.13. The maximum atomic E-state index is 11.2. The van der Waals surface area contributed by atoms with Crippen molar-refractivity contribution in [2.75, 3.05) is 11.4 Å². The van der Waals surface area contributed by atoms with Crippen LogP contribution in [-0.4, -0.2) is 34.2 Å². The van der Waals surface area contributed by atoms with Gasteiger partial charge in [-0.25, -0.2) is 4.79 Å². The fourth-order valence-corrected chi connectivity index (χ4v) is 1.84. The number of nitrogens with zero attached hydrogens (tertiary/aromatic N) is 1. The third-order valence-electron chi connectivity index (χ3n) is 2.63. The molecule has 98 valence electrons. The monoisotopic (exact) mass is 363 g/mol. The van der Waals surface area contributed by atoms with Crippen molar-refractivity contribution in [2.45, 2.75) is 19.4 Å². The van der Waals surface area contributed by atoms with Crippen molar-refractivity contribution < 1.29 is 19.8 Å². The normalized spacial score (nSPS) is 11.1. The van der Waals surface area contributed by atoms with Crippen LogP contribution in [0, 0.1) is 3.57 Å². The Hall–Kier alpha value is -1.31. The Kier molecular flexibility index (Phi) is 4.55. The number of halogens is 1. The zero-order chi connectivity index (χ0) is 13.9. The molecular formula is C12H14INO4. The van der Waals surface area contributed by atoms with Crippen molar-refractivity contribution in [3.8, 4) is 0 Å². The van der Waals surface area contributed by atoms with Gasteiger partial charge in [0.15, 0.2) is 0 Å². The number of carbonyl (C=O) groups is 2. The Bertz CT molecular complexity index is 456. The summed E-state index contributed by atoms with van der Waals surface area (Å²) in [7, 11) is 0. The maximum absolute atomic E-state index is 11.2. The van der Waals surface area contributed by atoms with Gasteiger partial charge in [-0.15, -0.1) is 0 Å². The molecule has 0 aliphatic heterocycles. The second kappa shape index (κ2) is 5.55. The van der Waals surface area contributed by atoms with Crippen LogP contribution in [0.1, 0.15) is 13.8 Å². The molecule has 6 heteroatoms. The number of aliphatic carboxylic acids is 2. The summed E-state index contributed by atoms with van der Waals surface area (Å²) in [5.74, 6) is -2.13. The highest BCUT2D eigenvalue weighted by Crippen LogP contribution is 2.25. The summed E-state index contributed by atoms with van der Waals surface area (Å²) in [5.41, 5.74) is -0.712. The number of rotatable bonds is 5. The molecule has 0 saturated heterocycles. The van der Waals surface area contributed by atoms with E-state index in [1.54, 1.807) is 12.1 Å². The van der Waals surface area contributed by atoms with Crippen LogP contribution >= 0.6 is 22.6 Å². The molecule has 0 heterocycles. The molecule has 0 aromatic heterocycles. The first-order valence-electron chi connectivity index (χ1n) is 5.23. The van der Waals surface area contributed by atoms with E-state index in [9.17, 15) is 14.7 Å². The molecule has 2 N–H and O–H groups in total. The summed E-state index contributed by atoms with van der Waals surface area (Å²) in [6.07, 6.45) is 0. The molecule has 0 atom stereocenters. The third-order valence-corrected chi connectivity index (χ3v) is 3.35. The lowest BCUT2D eigenvalue weighted by Gasteiger charge is -2.35. The van der Waals surface area contributed by atoms with Crippen LogP contribution in [0.25, 0.3) is 0 Å². The van der Waals surface area contributed by atoms with E-state index in [0.717, 1.165) is 3.57 Å². The van der Waals surface area contributed by atoms with Crippen LogP contribution in [0.2, 0.25) is 0 Å². The fourth-order valence-electron chi connectivity index (χ4n) is 1.48. The number of carboxylic acids is 2. The van der Waals surface area contributed by atoms with E-state index in [2.05, 4.69) is 22.6 Å². The molecule has 5 nitrogen and oxygen atoms in total. The van der Waals surface area contributed by atoms with Gasteiger partial charge in [0.05, 0.1) is 0 Å². The van der Waals surface area contributed by atoms with Gasteiger partial charge in [0.1, 0.15) is 12.1 Å². The Morgan fingerprint density at radius 3 is 2.11 bits per heavy atom. The third kappa shape index (κ3) is 3.34. The quantitative estimate of drug-likeness (QED) is 0.783. The standard InChI is InChI=1S/C12H14INO4/c1-12(2,11(17)18)14(7-10(15)16)9-5-3-8(13)4-6-9/h3-6H,7H2,1-2H3,(H,15,16)(H,17,18). The first-order valence-corrected chi connectivity index (χ1v) is 6.31. The highest BCUT2D eigenvalue weighted by atomic mass is 127. The van der Waals surface area contributed by atoms with E-state index in [1.807, 2.05) is 12.1 Å². The van der Waals surface area contributed by atoms with Gasteiger partial charge in [-0.3, -0.25) is 4.79 Å². The summed E-state index contributed by atoms with van der Waals surface area (Å²) < 4.78 is 1.000. The fraction of sp³-hybridized carbons (Fsp3) is 0.333. The maximum Gasteiger partial charge on any atom is 0.328 e. The summed E-state index contributed by atoms with van der Waals surface area (Å²) in [4.78, 5) is 23.5. The van der Waals surface area contributed by atoms with E-state index in [4.69, 9.17) is 5.11 Å². The Morgan fingerprint density at radius 1 is 1.22 bits per heavy atom. The highest BCUT2D eigenvalue weighted by molar-refractivity contribution is 14.1. The molecule has 0 unspecified atom stereocenters. The molecule has 0 aliphatic rings. The SMILES string of the molecule is CC(C)(C(=O)O)N(CC(=O)O)c1ccc(I)cc1. The van der Waals surface area contributed by atoms with Gasteiger partial charge < -0.3 is 15.1 Å². The van der Waals surface area contributed by atoms with Crippen molar-refractivity contribution in [3.63, 3.8) is 0 Å². The minimum Gasteiger partial charge on any atom is -0.480 e. The van der Waals surface area contributed by atoms with Gasteiger partial charge in [-0.1, -0.05) is 0 Å². The molecule has 1 aromatic rings. The Morgan fingerprint density at radius 2 is 1.72 bits per heavy atom. The smallest absolute Gasteiger partial charge is 0.328 e. The predicted molar refractivity (Wildman–Crippen MR) is 75.9 cm³/mol. The first-order chi connectivity index (χ1) is 8.25. The minimum atomic E-state index is -1.29. The van der Waals surface area contributed by atoms with Crippen LogP contribution in [0.5, 0.6) is 0 Å². The topological polar surface area (TPSA) is 77.8 Å². The highest BCUT2D eigenvalue weighted by Gasteiger charge is 2.35. The molecule has 0 bridgehead atoms. The van der Waals surface area contributed by atoms with Crippen molar-refractivity contribution in [1.82, 2.24) is 0 Å². The molecule has 0 amide bonds. The van der Waals surface area contributed by atoms with Crippen molar-refractivity contribution in [2.24, 2.45) is 0 Å². The Labute approximate surface area is 119 Å². The van der Waals surface area contributed by atoms with Gasteiger partial charge in [0.2, 0.25) is 0 Å². The largest absolute Gasteiger partial charge is 0.480 e. The summed E-state index contributed by atoms with van der Waals surface area (Å²) in [6, 6.07) is 7.05. The molecule has 0 saturated carbocycles. The van der Waals surface area contributed by atoms with E-state index < -0.39 is 17.5 Å². The lowest BCUT2D eigenvalue weighted by atomic mass is 10.0. The molecule has 0 fully saturated rings. The number of benzene rings is 1. The molecule has 0 aliphatic carbocycles. The molecule has 0 spiro atoms. The second-order valence-electron chi connectivity index (χ2n) is 4.32. The number of hydrogen-bond donors (Lipinski definition) is 2. The lowest BCUT2D eigenvalue weighted by Crippen LogP contribution is -2.52. The number of anilines is 1. The van der Waals surface area contributed by atoms with Crippen LogP contribution < -0.4 is 4.90 Å². The van der Waals surface area contributed by atoms with Crippen molar-refractivity contribution in [1.29, 1.82) is 0 Å². The summed E-state index contributed by atoms with van der Waals surface area (Å²) in [6.45, 7) is 2.60. The Balaban J connectivity index is 3.17. The summed E-state index contributed by atoms with van der Waals surface area (Å²) in [5, 5.41) is 18.1. The van der Waals surface area contributed by atoms with Gasteiger partial charge in [0, 0.05) is 9.26 Å². The van der Waals surface area contributed by atoms with Gasteiger partial charge in [-0.2, -0.15) is 0 Å². The molecular weight excluding hydrogens is 349 g/mol. The van der Waals surface area contributed by atoms with E-state index in [-0.39, 0.29) is 6.54 Å². The molecule has 0 radical (unpaired) electrons. The van der Waals surface area contributed by atoms with Crippen LogP contribution in [0.4, 0.5) is 5.69 Å². The van der Waals surface area contributed by atoms with Crippen LogP contribution in [-0.2, 0) is 9.59 Å². The minimum absolute atomic E-state index is 0.361.